The van der Waals surface area contributed by atoms with E-state index in [-0.39, 0.29) is 5.54 Å². The number of nitrogen functional groups attached to an aromatic ring is 1. The number of nitrogens with zero attached hydrogens (tertiary/aromatic N) is 1. The molecule has 4 N–H and O–H groups in total. The molecular formula is C8H11N3. The number of hydrogen-bond donors (Lipinski definition) is 2. The van der Waals surface area contributed by atoms with Crippen molar-refractivity contribution >= 4 is 5.69 Å². The lowest BCUT2D eigenvalue weighted by atomic mass is 10.1. The maximum absolute atomic E-state index is 5.96. The van der Waals surface area contributed by atoms with Crippen LogP contribution in [-0.4, -0.2) is 4.98 Å². The van der Waals surface area contributed by atoms with Crippen molar-refractivity contribution in [2.45, 2.75) is 18.4 Å². The molecule has 0 atom stereocenters. The predicted octanol–water partition coefficient (Wildman–Crippen LogP) is 0.612. The van der Waals surface area contributed by atoms with Crippen LogP contribution in [0.2, 0.25) is 0 Å². The van der Waals surface area contributed by atoms with Crippen molar-refractivity contribution in [3.8, 4) is 0 Å². The molecule has 1 aromatic rings. The zero-order valence-corrected chi connectivity index (χ0v) is 6.25. The van der Waals surface area contributed by atoms with Gasteiger partial charge in [-0.05, 0) is 24.5 Å². The largest absolute Gasteiger partial charge is 0.397 e. The second-order valence-electron chi connectivity index (χ2n) is 3.12. The summed E-state index contributed by atoms with van der Waals surface area (Å²) in [6, 6.07) is 1.91. The van der Waals surface area contributed by atoms with Gasteiger partial charge in [-0.15, -0.1) is 0 Å². The first-order chi connectivity index (χ1) is 5.22. The lowest BCUT2D eigenvalue weighted by Gasteiger charge is -2.10. The van der Waals surface area contributed by atoms with Gasteiger partial charge in [-0.25, -0.2) is 0 Å². The molecule has 1 aliphatic rings. The normalized spacial score (nSPS) is 19.7. The highest BCUT2D eigenvalue weighted by Crippen LogP contribution is 2.44. The zero-order chi connectivity index (χ0) is 7.90. The fourth-order valence-corrected chi connectivity index (χ4v) is 1.26. The number of rotatable bonds is 1. The Kier molecular flexibility index (Phi) is 1.17. The molecule has 0 unspecified atom stereocenters. The molecule has 0 aromatic carbocycles. The van der Waals surface area contributed by atoms with Crippen molar-refractivity contribution in [2.75, 3.05) is 5.73 Å². The van der Waals surface area contributed by atoms with Gasteiger partial charge in [0.2, 0.25) is 0 Å². The second kappa shape index (κ2) is 1.95. The number of anilines is 1. The molecule has 1 aliphatic carbocycles. The van der Waals surface area contributed by atoms with Crippen molar-refractivity contribution < 1.29 is 0 Å². The predicted molar refractivity (Wildman–Crippen MR) is 43.7 cm³/mol. The van der Waals surface area contributed by atoms with E-state index in [1.807, 2.05) is 6.07 Å². The highest BCUT2D eigenvalue weighted by Gasteiger charge is 2.41. The van der Waals surface area contributed by atoms with Gasteiger partial charge in [0.1, 0.15) is 0 Å². The molecule has 1 heterocycles. The Morgan fingerprint density at radius 1 is 1.45 bits per heavy atom. The molecule has 0 radical (unpaired) electrons. The van der Waals surface area contributed by atoms with Gasteiger partial charge >= 0.3 is 0 Å². The molecule has 2 rings (SSSR count). The lowest BCUT2D eigenvalue weighted by Crippen LogP contribution is -2.20. The summed E-state index contributed by atoms with van der Waals surface area (Å²) >= 11 is 0. The van der Waals surface area contributed by atoms with E-state index in [0.717, 1.165) is 18.4 Å². The molecule has 0 amide bonds. The van der Waals surface area contributed by atoms with Gasteiger partial charge in [0.05, 0.1) is 11.9 Å². The van der Waals surface area contributed by atoms with Gasteiger partial charge in [-0.2, -0.15) is 0 Å². The molecule has 11 heavy (non-hydrogen) atoms. The Bertz CT molecular complexity index is 278. The van der Waals surface area contributed by atoms with Crippen LogP contribution in [0.15, 0.2) is 18.5 Å². The number of pyridine rings is 1. The minimum atomic E-state index is -0.132. The maximum Gasteiger partial charge on any atom is 0.0551 e. The van der Waals surface area contributed by atoms with E-state index in [4.69, 9.17) is 11.5 Å². The zero-order valence-electron chi connectivity index (χ0n) is 6.25. The Morgan fingerprint density at radius 3 is 2.73 bits per heavy atom. The van der Waals surface area contributed by atoms with Crippen molar-refractivity contribution in [3.63, 3.8) is 0 Å². The van der Waals surface area contributed by atoms with E-state index in [1.165, 1.54) is 0 Å². The van der Waals surface area contributed by atoms with Crippen LogP contribution in [0.1, 0.15) is 18.4 Å². The van der Waals surface area contributed by atoms with Crippen LogP contribution in [-0.2, 0) is 5.54 Å². The van der Waals surface area contributed by atoms with Gasteiger partial charge in [-0.3, -0.25) is 4.98 Å². The van der Waals surface area contributed by atoms with E-state index >= 15 is 0 Å². The number of nitrogens with two attached hydrogens (primary N) is 2. The average Bonchev–Trinajstić information content (AvgIpc) is 2.70. The highest BCUT2D eigenvalue weighted by molar-refractivity contribution is 5.50. The van der Waals surface area contributed by atoms with Crippen LogP contribution in [0.25, 0.3) is 0 Å². The summed E-state index contributed by atoms with van der Waals surface area (Å²) in [6.07, 6.45) is 5.48. The molecule has 1 aromatic heterocycles. The third-order valence-corrected chi connectivity index (χ3v) is 2.18. The SMILES string of the molecule is Nc1cnccc1C1(N)CC1. The molecule has 0 spiro atoms. The van der Waals surface area contributed by atoms with Crippen molar-refractivity contribution in [1.29, 1.82) is 0 Å². The number of aromatic nitrogens is 1. The highest BCUT2D eigenvalue weighted by atomic mass is 14.8. The summed E-state index contributed by atoms with van der Waals surface area (Å²) < 4.78 is 0. The minimum Gasteiger partial charge on any atom is -0.397 e. The van der Waals surface area contributed by atoms with Crippen LogP contribution in [0, 0.1) is 0 Å². The summed E-state index contributed by atoms with van der Waals surface area (Å²) in [6.45, 7) is 0. The van der Waals surface area contributed by atoms with Crippen molar-refractivity contribution in [1.82, 2.24) is 4.98 Å². The van der Waals surface area contributed by atoms with E-state index in [2.05, 4.69) is 4.98 Å². The topological polar surface area (TPSA) is 64.9 Å². The maximum atomic E-state index is 5.96. The Morgan fingerprint density at radius 2 is 2.18 bits per heavy atom. The van der Waals surface area contributed by atoms with Gasteiger partial charge in [0.15, 0.2) is 0 Å². The van der Waals surface area contributed by atoms with Crippen molar-refractivity contribution in [3.05, 3.63) is 24.0 Å². The molecular weight excluding hydrogens is 138 g/mol. The molecule has 0 saturated heterocycles. The number of hydrogen-bond acceptors (Lipinski definition) is 3. The molecule has 3 heteroatoms. The van der Waals surface area contributed by atoms with E-state index < -0.39 is 0 Å². The second-order valence-corrected chi connectivity index (χ2v) is 3.12. The van der Waals surface area contributed by atoms with Gasteiger partial charge in [0, 0.05) is 11.7 Å². The van der Waals surface area contributed by atoms with E-state index in [9.17, 15) is 0 Å². The van der Waals surface area contributed by atoms with Gasteiger partial charge in [-0.1, -0.05) is 0 Å². The van der Waals surface area contributed by atoms with Crippen LogP contribution in [0.5, 0.6) is 0 Å². The summed E-state index contributed by atoms with van der Waals surface area (Å²) in [5, 5.41) is 0. The third kappa shape index (κ3) is 0.973. The van der Waals surface area contributed by atoms with Crippen molar-refractivity contribution in [2.24, 2.45) is 5.73 Å². The molecule has 0 bridgehead atoms. The monoisotopic (exact) mass is 149 g/mol. The van der Waals surface area contributed by atoms with Gasteiger partial charge in [0.25, 0.3) is 0 Å². The smallest absolute Gasteiger partial charge is 0.0551 e. The lowest BCUT2D eigenvalue weighted by molar-refractivity contribution is 0.741. The van der Waals surface area contributed by atoms with Gasteiger partial charge < -0.3 is 11.5 Å². The quantitative estimate of drug-likeness (QED) is 0.615. The average molecular weight is 149 g/mol. The summed E-state index contributed by atoms with van der Waals surface area (Å²) in [4.78, 5) is 3.91. The fraction of sp³-hybridized carbons (Fsp3) is 0.375. The molecule has 1 saturated carbocycles. The summed E-state index contributed by atoms with van der Waals surface area (Å²) in [7, 11) is 0. The third-order valence-electron chi connectivity index (χ3n) is 2.18. The fourth-order valence-electron chi connectivity index (χ4n) is 1.26. The summed E-state index contributed by atoms with van der Waals surface area (Å²) in [5.74, 6) is 0. The Balaban J connectivity index is 2.45. The minimum absolute atomic E-state index is 0.132. The molecule has 58 valence electrons. The Hall–Kier alpha value is -1.09. The van der Waals surface area contributed by atoms with Crippen LogP contribution in [0.3, 0.4) is 0 Å². The first kappa shape index (κ1) is 6.61. The summed E-state index contributed by atoms with van der Waals surface area (Å²) in [5.41, 5.74) is 13.3. The molecule has 0 aliphatic heterocycles. The first-order valence-electron chi connectivity index (χ1n) is 3.71. The molecule has 3 nitrogen and oxygen atoms in total. The Labute approximate surface area is 65.4 Å². The van der Waals surface area contributed by atoms with E-state index in [0.29, 0.717) is 5.69 Å². The van der Waals surface area contributed by atoms with Crippen LogP contribution >= 0.6 is 0 Å². The first-order valence-corrected chi connectivity index (χ1v) is 3.71. The molecule has 1 fully saturated rings. The van der Waals surface area contributed by atoms with Crippen LogP contribution in [0.4, 0.5) is 5.69 Å². The van der Waals surface area contributed by atoms with E-state index in [1.54, 1.807) is 12.4 Å². The van der Waals surface area contributed by atoms with Crippen LogP contribution < -0.4 is 11.5 Å². The standard InChI is InChI=1S/C8H11N3/c9-7-5-11-4-1-6(7)8(10)2-3-8/h1,4-5H,2-3,9-10H2.